The van der Waals surface area contributed by atoms with E-state index in [-0.39, 0.29) is 55.4 Å². The molecule has 0 unspecified atom stereocenters. The zero-order valence-electron chi connectivity index (χ0n) is 2.60. The minimum Gasteiger partial charge on any atom is -1.00 e. The first-order valence-electron chi connectivity index (χ1n) is 0. The van der Waals surface area contributed by atoms with Crippen LogP contribution in [0.15, 0.2) is 0 Å². The monoisotopic (exact) mass is 195 g/mol. The molecule has 0 amide bonds. The van der Waals surface area contributed by atoms with Crippen LogP contribution in [0.4, 0.5) is 0 Å². The van der Waals surface area contributed by atoms with Crippen LogP contribution in [0.2, 0.25) is 0 Å². The van der Waals surface area contributed by atoms with Gasteiger partial charge in [-0.1, -0.05) is 0 Å². The number of hydrogen-bond donors (Lipinski definition) is 0. The third-order valence-corrected chi connectivity index (χ3v) is 0. The maximum Gasteiger partial charge on any atom is 2.00 e. The second-order valence-corrected chi connectivity index (χ2v) is 0. The van der Waals surface area contributed by atoms with Gasteiger partial charge in [0.05, 0.1) is 0 Å². The Kier molecular flexibility index (Phi) is 9830. The molecule has 0 spiro atoms. The number of rotatable bonds is 0. The van der Waals surface area contributed by atoms with Gasteiger partial charge < -0.3 is 18.8 Å². The van der Waals surface area contributed by atoms with E-state index in [4.69, 9.17) is 0 Å². The summed E-state index contributed by atoms with van der Waals surface area (Å²) >= 11 is 0. The van der Waals surface area contributed by atoms with E-state index in [9.17, 15) is 0 Å². The molecule has 0 saturated heterocycles. The van der Waals surface area contributed by atoms with Gasteiger partial charge in [-0.2, -0.15) is 0 Å². The summed E-state index contributed by atoms with van der Waals surface area (Å²) < 4.78 is 0. The second kappa shape index (κ2) is 186. The maximum absolute atomic E-state index is 0. The molecule has 0 bridgehead atoms. The van der Waals surface area contributed by atoms with Crippen molar-refractivity contribution in [2.75, 3.05) is 0 Å². The summed E-state index contributed by atoms with van der Waals surface area (Å²) in [6.45, 7) is 0. The average molecular weight is 196 g/mol. The predicted molar refractivity (Wildman–Crippen MR) is 0 cm³/mol. The fourth-order valence-electron chi connectivity index (χ4n) is 0. The third-order valence-electron chi connectivity index (χ3n) is 0. The largest absolute Gasteiger partial charge is 2.00 e. The Bertz CT molecular complexity index is 7.51. The van der Waals surface area contributed by atoms with Crippen molar-refractivity contribution in [1.29, 1.82) is 0 Å². The molecule has 0 aromatic carbocycles. The van der Waals surface area contributed by atoms with Crippen molar-refractivity contribution in [3.8, 4) is 0 Å². The van der Waals surface area contributed by atoms with Gasteiger partial charge in [-0.3, -0.25) is 0 Å². The Morgan fingerprint density at radius 2 is 0.500 bits per heavy atom. The van der Waals surface area contributed by atoms with Crippen LogP contribution in [0.3, 0.4) is 0 Å². The normalized spacial score (nSPS) is 0. The van der Waals surface area contributed by atoms with E-state index in [1.165, 1.54) is 0 Å². The van der Waals surface area contributed by atoms with Crippen LogP contribution in [-0.2, 0) is 36.5 Å². The van der Waals surface area contributed by atoms with Crippen LogP contribution >= 0.6 is 0 Å². The molecule has 1 radical (unpaired) electrons. The first-order chi connectivity index (χ1) is 0. The summed E-state index contributed by atoms with van der Waals surface area (Å²) in [4.78, 5) is 0. The standard InChI is InChI=1S/4FH.Mn.Zn/h4*1H;;/q;;;;2*+2/p-4. The Labute approximate surface area is 55.8 Å². The van der Waals surface area contributed by atoms with Gasteiger partial charge >= 0.3 is 36.5 Å². The fourth-order valence-corrected chi connectivity index (χ4v) is 0. The molecule has 0 nitrogen and oxygen atoms in total. The first kappa shape index (κ1) is 317. The number of hydrogen-bond acceptors (Lipinski definition) is 0. The van der Waals surface area contributed by atoms with Gasteiger partial charge in [0.25, 0.3) is 0 Å². The van der Waals surface area contributed by atoms with Crippen LogP contribution in [-0.4, -0.2) is 0 Å². The van der Waals surface area contributed by atoms with Crippen LogP contribution in [0.25, 0.3) is 0 Å². The van der Waals surface area contributed by atoms with Gasteiger partial charge in [-0.15, -0.1) is 0 Å². The van der Waals surface area contributed by atoms with Crippen molar-refractivity contribution in [3.63, 3.8) is 0 Å². The number of halogens is 4. The molecule has 0 aromatic heterocycles. The van der Waals surface area contributed by atoms with Gasteiger partial charge in [-0.25, -0.2) is 0 Å². The Morgan fingerprint density at radius 1 is 0.500 bits per heavy atom. The fraction of sp³-hybridized carbons (Fsp3) is 0. The van der Waals surface area contributed by atoms with E-state index in [0.29, 0.717) is 0 Å². The van der Waals surface area contributed by atoms with Crippen LogP contribution in [0, 0.1) is 0 Å². The third kappa shape index (κ3) is 97.5. The van der Waals surface area contributed by atoms with Crippen molar-refractivity contribution in [1.82, 2.24) is 0 Å². The average Bonchev–Trinajstić information content (AvgIpc) is 0. The van der Waals surface area contributed by atoms with Crippen molar-refractivity contribution in [3.05, 3.63) is 0 Å². The smallest absolute Gasteiger partial charge is 1.00 e. The molecule has 0 heterocycles. The van der Waals surface area contributed by atoms with Crippen LogP contribution < -0.4 is 18.8 Å². The van der Waals surface area contributed by atoms with Gasteiger partial charge in [0.15, 0.2) is 0 Å². The Balaban J connectivity index is 0. The first-order valence-corrected chi connectivity index (χ1v) is 0. The molecule has 0 aromatic rings. The zero-order valence-corrected chi connectivity index (χ0v) is 6.74. The molecule has 37 valence electrons. The van der Waals surface area contributed by atoms with E-state index in [1.807, 2.05) is 0 Å². The van der Waals surface area contributed by atoms with E-state index < -0.39 is 0 Å². The van der Waals surface area contributed by atoms with Gasteiger partial charge in [0.2, 0.25) is 0 Å². The van der Waals surface area contributed by atoms with Gasteiger partial charge in [-0.05, 0) is 0 Å². The van der Waals surface area contributed by atoms with Crippen molar-refractivity contribution >= 4 is 0 Å². The molecule has 6 heteroatoms. The van der Waals surface area contributed by atoms with Crippen molar-refractivity contribution < 1.29 is 55.4 Å². The van der Waals surface area contributed by atoms with Crippen molar-refractivity contribution in [2.24, 2.45) is 0 Å². The molecule has 0 N–H and O–H groups in total. The quantitative estimate of drug-likeness (QED) is 0.267. The summed E-state index contributed by atoms with van der Waals surface area (Å²) in [6.07, 6.45) is 0. The minimum atomic E-state index is 0. The molecular formula is F4MnZn. The Morgan fingerprint density at radius 3 is 0.500 bits per heavy atom. The predicted octanol–water partition coefficient (Wildman–Crippen LogP) is -12.0. The molecule has 0 aliphatic heterocycles. The van der Waals surface area contributed by atoms with E-state index in [0.717, 1.165) is 0 Å². The summed E-state index contributed by atoms with van der Waals surface area (Å²) in [5.41, 5.74) is 0. The Hall–Kier alpha value is 0.863. The maximum atomic E-state index is 0. The zero-order chi connectivity index (χ0) is 0. The summed E-state index contributed by atoms with van der Waals surface area (Å²) in [6, 6.07) is 0. The summed E-state index contributed by atoms with van der Waals surface area (Å²) in [5, 5.41) is 0. The van der Waals surface area contributed by atoms with Gasteiger partial charge in [0, 0.05) is 0 Å². The molecule has 0 aliphatic rings. The molecule has 0 aliphatic carbocycles. The second-order valence-electron chi connectivity index (χ2n) is 0. The summed E-state index contributed by atoms with van der Waals surface area (Å²) in [5.74, 6) is 0. The van der Waals surface area contributed by atoms with E-state index >= 15 is 0 Å². The van der Waals surface area contributed by atoms with Crippen LogP contribution in [0.1, 0.15) is 0 Å². The molecule has 0 fully saturated rings. The van der Waals surface area contributed by atoms with Crippen molar-refractivity contribution in [2.45, 2.75) is 0 Å². The van der Waals surface area contributed by atoms with E-state index in [1.54, 1.807) is 0 Å². The molecule has 6 heavy (non-hydrogen) atoms. The van der Waals surface area contributed by atoms with Crippen LogP contribution in [0.5, 0.6) is 0 Å². The topological polar surface area (TPSA) is 0 Å². The SMILES string of the molecule is [F-].[F-].[F-].[F-].[Mn+2].[Zn+2]. The minimum absolute atomic E-state index is 0. The molecule has 0 rings (SSSR count). The molecular weight excluding hydrogens is 196 g/mol. The molecule has 0 atom stereocenters. The summed E-state index contributed by atoms with van der Waals surface area (Å²) in [7, 11) is 0. The van der Waals surface area contributed by atoms with E-state index in [2.05, 4.69) is 0 Å². The van der Waals surface area contributed by atoms with Gasteiger partial charge in [0.1, 0.15) is 0 Å². The molecule has 0 saturated carbocycles.